The van der Waals surface area contributed by atoms with E-state index in [1.807, 2.05) is 30.5 Å². The normalized spacial score (nSPS) is 20.2. The zero-order chi connectivity index (χ0) is 28.9. The van der Waals surface area contributed by atoms with Crippen LogP contribution in [0.5, 0.6) is 6.01 Å². The van der Waals surface area contributed by atoms with E-state index in [-0.39, 0.29) is 30.0 Å². The molecule has 2 aliphatic rings. The monoisotopic (exact) mass is 564 g/mol. The van der Waals surface area contributed by atoms with Gasteiger partial charge >= 0.3 is 12.1 Å². The van der Waals surface area contributed by atoms with E-state index in [1.165, 1.54) is 0 Å². The van der Waals surface area contributed by atoms with E-state index < -0.39 is 6.09 Å². The summed E-state index contributed by atoms with van der Waals surface area (Å²) >= 11 is 0. The topological polar surface area (TPSA) is 149 Å². The number of likely N-dealkylation sites (tertiary alicyclic amines) is 1. The molecule has 1 saturated heterocycles. The van der Waals surface area contributed by atoms with Crippen LogP contribution >= 0.6 is 0 Å². The summed E-state index contributed by atoms with van der Waals surface area (Å²) in [4.78, 5) is 35.6. The lowest BCUT2D eigenvalue weighted by Gasteiger charge is -2.28. The van der Waals surface area contributed by atoms with Crippen LogP contribution < -0.4 is 21.1 Å². The van der Waals surface area contributed by atoms with Crippen molar-refractivity contribution in [3.8, 4) is 6.01 Å². The average molecular weight is 565 g/mol. The lowest BCUT2D eigenvalue weighted by atomic mass is 9.86. The van der Waals surface area contributed by atoms with Crippen molar-refractivity contribution >= 4 is 29.3 Å². The van der Waals surface area contributed by atoms with Crippen LogP contribution in [0.15, 0.2) is 30.5 Å². The van der Waals surface area contributed by atoms with Gasteiger partial charge < -0.3 is 30.7 Å². The van der Waals surface area contributed by atoms with Crippen molar-refractivity contribution in [3.05, 3.63) is 41.6 Å². The van der Waals surface area contributed by atoms with Gasteiger partial charge in [0, 0.05) is 36.8 Å². The third kappa shape index (κ3) is 7.24. The van der Waals surface area contributed by atoms with Crippen molar-refractivity contribution in [1.82, 2.24) is 24.5 Å². The van der Waals surface area contributed by atoms with E-state index in [2.05, 4.69) is 41.5 Å². The number of fused-ring (bicyclic) bond motifs is 1. The molecule has 12 nitrogen and oxygen atoms in total. The van der Waals surface area contributed by atoms with Crippen molar-refractivity contribution in [3.63, 3.8) is 0 Å². The van der Waals surface area contributed by atoms with E-state index in [0.717, 1.165) is 48.4 Å². The Hall–Kier alpha value is -3.93. The molecule has 220 valence electrons. The molecule has 4 N–H and O–H groups in total. The standard InChI is InChI=1S/C29H40N8O4/c1-18(2)24-17-32-37-25(24)34-29(41-23-11-13-36(3)14-12-23)35-28(37)31-16-19-5-4-6-21(15-19)33-26(38)20-7-9-22(10-8-20)40-27(30)39/h4-6,15,17-18,20,22-23H,7-14,16H2,1-3H3,(H2,30,39)(H,33,38)(H,31,34,35). The lowest BCUT2D eigenvalue weighted by Crippen LogP contribution is -2.36. The first-order chi connectivity index (χ1) is 19.7. The fraction of sp³-hybridized carbons (Fsp3) is 0.552. The van der Waals surface area contributed by atoms with Crippen molar-refractivity contribution in [2.45, 2.75) is 77.0 Å². The molecule has 1 aromatic carbocycles. The van der Waals surface area contributed by atoms with Gasteiger partial charge in [-0.25, -0.2) is 4.79 Å². The van der Waals surface area contributed by atoms with Crippen LogP contribution in [0.25, 0.3) is 5.65 Å². The molecule has 3 aromatic rings. The van der Waals surface area contributed by atoms with Crippen LogP contribution in [0.4, 0.5) is 16.4 Å². The van der Waals surface area contributed by atoms with E-state index in [4.69, 9.17) is 25.2 Å². The zero-order valence-corrected chi connectivity index (χ0v) is 24.0. The third-order valence-electron chi connectivity index (χ3n) is 7.91. The fourth-order valence-corrected chi connectivity index (χ4v) is 5.49. The minimum absolute atomic E-state index is 0.0291. The summed E-state index contributed by atoms with van der Waals surface area (Å²) in [5.74, 6) is 0.641. The number of nitrogens with one attached hydrogen (secondary N) is 2. The Balaban J connectivity index is 1.25. The number of benzene rings is 1. The first kappa shape index (κ1) is 28.6. The first-order valence-electron chi connectivity index (χ1n) is 14.5. The number of carbonyl (C=O) groups excluding carboxylic acids is 2. The number of hydrogen-bond acceptors (Lipinski definition) is 9. The van der Waals surface area contributed by atoms with Crippen LogP contribution in [-0.2, 0) is 16.1 Å². The predicted molar refractivity (Wildman–Crippen MR) is 155 cm³/mol. The molecule has 12 heteroatoms. The molecule has 1 saturated carbocycles. The predicted octanol–water partition coefficient (Wildman–Crippen LogP) is 3.93. The highest BCUT2D eigenvalue weighted by Crippen LogP contribution is 2.28. The number of ether oxygens (including phenoxy) is 2. The summed E-state index contributed by atoms with van der Waals surface area (Å²) in [5, 5.41) is 11.0. The lowest BCUT2D eigenvalue weighted by molar-refractivity contribution is -0.121. The summed E-state index contributed by atoms with van der Waals surface area (Å²) in [7, 11) is 2.12. The van der Waals surface area contributed by atoms with E-state index >= 15 is 0 Å². The molecule has 41 heavy (non-hydrogen) atoms. The van der Waals surface area contributed by atoms with Gasteiger partial charge in [0.25, 0.3) is 0 Å². The van der Waals surface area contributed by atoms with Gasteiger partial charge in [-0.2, -0.15) is 19.6 Å². The van der Waals surface area contributed by atoms with Crippen molar-refractivity contribution in [1.29, 1.82) is 0 Å². The third-order valence-corrected chi connectivity index (χ3v) is 7.91. The maximum absolute atomic E-state index is 12.9. The van der Waals surface area contributed by atoms with Crippen LogP contribution in [0.2, 0.25) is 0 Å². The molecule has 1 aliphatic heterocycles. The Morgan fingerprint density at radius 2 is 1.83 bits per heavy atom. The summed E-state index contributed by atoms with van der Waals surface area (Å²) in [6.07, 6.45) is 5.39. The molecule has 0 atom stereocenters. The Morgan fingerprint density at radius 1 is 1.07 bits per heavy atom. The summed E-state index contributed by atoms with van der Waals surface area (Å²) in [6, 6.07) is 8.09. The molecule has 5 rings (SSSR count). The van der Waals surface area contributed by atoms with Gasteiger partial charge in [-0.15, -0.1) is 0 Å². The number of piperidine rings is 1. The van der Waals surface area contributed by atoms with Gasteiger partial charge in [-0.05, 0) is 69.2 Å². The SMILES string of the molecule is CC(C)c1cnn2c(NCc3cccc(NC(=O)C4CCC(OC(N)=O)CC4)c3)nc(OC3CCN(C)CC3)nc12. The molecule has 2 amide bonds. The second kappa shape index (κ2) is 12.7. The average Bonchev–Trinajstić information content (AvgIpc) is 3.38. The number of rotatable bonds is 9. The Labute approximate surface area is 240 Å². The Morgan fingerprint density at radius 3 is 2.54 bits per heavy atom. The van der Waals surface area contributed by atoms with Crippen LogP contribution in [0.1, 0.15) is 69.4 Å². The number of amides is 2. The van der Waals surface area contributed by atoms with Gasteiger partial charge in [-0.3, -0.25) is 4.79 Å². The number of carbonyl (C=O) groups is 2. The molecule has 0 spiro atoms. The molecule has 0 radical (unpaired) electrons. The van der Waals surface area contributed by atoms with Crippen LogP contribution in [0, 0.1) is 5.92 Å². The van der Waals surface area contributed by atoms with Gasteiger partial charge in [0.1, 0.15) is 12.2 Å². The van der Waals surface area contributed by atoms with Gasteiger partial charge in [0.2, 0.25) is 11.9 Å². The molecule has 0 unspecified atom stereocenters. The van der Waals surface area contributed by atoms with E-state index in [9.17, 15) is 9.59 Å². The Bertz CT molecular complexity index is 1360. The molecule has 2 fully saturated rings. The number of aromatic nitrogens is 4. The largest absolute Gasteiger partial charge is 0.460 e. The number of nitrogens with zero attached hydrogens (tertiary/aromatic N) is 5. The molecular formula is C29H40N8O4. The zero-order valence-electron chi connectivity index (χ0n) is 24.0. The molecule has 3 heterocycles. The summed E-state index contributed by atoms with van der Waals surface area (Å²) in [5.41, 5.74) is 8.59. The second-order valence-electron chi connectivity index (χ2n) is 11.4. The van der Waals surface area contributed by atoms with Crippen LogP contribution in [-0.4, -0.2) is 68.8 Å². The summed E-state index contributed by atoms with van der Waals surface area (Å²) < 4.78 is 13.1. The van der Waals surface area contributed by atoms with E-state index in [1.54, 1.807) is 4.52 Å². The van der Waals surface area contributed by atoms with Crippen LogP contribution in [0.3, 0.4) is 0 Å². The van der Waals surface area contributed by atoms with Crippen molar-refractivity contribution in [2.24, 2.45) is 11.7 Å². The van der Waals surface area contributed by atoms with E-state index in [0.29, 0.717) is 44.2 Å². The highest BCUT2D eigenvalue weighted by Gasteiger charge is 2.28. The molecule has 0 bridgehead atoms. The highest BCUT2D eigenvalue weighted by molar-refractivity contribution is 5.92. The molecule has 1 aliphatic carbocycles. The number of primary amides is 1. The number of anilines is 2. The first-order valence-corrected chi connectivity index (χ1v) is 14.5. The van der Waals surface area contributed by atoms with Gasteiger partial charge in [-0.1, -0.05) is 26.0 Å². The van der Waals surface area contributed by atoms with Crippen molar-refractivity contribution in [2.75, 3.05) is 30.8 Å². The minimum Gasteiger partial charge on any atom is -0.460 e. The van der Waals surface area contributed by atoms with Gasteiger partial charge in [0.05, 0.1) is 6.20 Å². The number of hydrogen-bond donors (Lipinski definition) is 3. The Kier molecular flexibility index (Phi) is 8.87. The molecule has 2 aromatic heterocycles. The maximum atomic E-state index is 12.9. The second-order valence-corrected chi connectivity index (χ2v) is 11.4. The minimum atomic E-state index is -0.764. The quantitative estimate of drug-likeness (QED) is 0.351. The maximum Gasteiger partial charge on any atom is 0.404 e. The number of nitrogens with two attached hydrogens (primary N) is 1. The molecular weight excluding hydrogens is 524 g/mol. The smallest absolute Gasteiger partial charge is 0.404 e. The summed E-state index contributed by atoms with van der Waals surface area (Å²) in [6.45, 7) is 6.67. The fourth-order valence-electron chi connectivity index (χ4n) is 5.49. The van der Waals surface area contributed by atoms with Crippen molar-refractivity contribution < 1.29 is 19.1 Å². The highest BCUT2D eigenvalue weighted by atomic mass is 16.6. The van der Waals surface area contributed by atoms with Gasteiger partial charge in [0.15, 0.2) is 5.65 Å².